The Balaban J connectivity index is 2.11. The summed E-state index contributed by atoms with van der Waals surface area (Å²) in [5.41, 5.74) is 7.13. The first-order valence-corrected chi connectivity index (χ1v) is 6.05. The third-order valence-electron chi connectivity index (χ3n) is 3.35. The maximum atomic E-state index is 12.7. The second-order valence-corrected chi connectivity index (χ2v) is 4.46. The number of alkyl halides is 2. The van der Waals surface area contributed by atoms with E-state index in [0.717, 1.165) is 18.8 Å². The lowest BCUT2D eigenvalue weighted by molar-refractivity contribution is 0.117. The molecule has 1 aliphatic heterocycles. The highest BCUT2D eigenvalue weighted by atomic mass is 19.3. The summed E-state index contributed by atoms with van der Waals surface area (Å²) in [5, 5.41) is 0. The van der Waals surface area contributed by atoms with Gasteiger partial charge in [-0.25, -0.2) is 8.78 Å². The summed E-state index contributed by atoms with van der Waals surface area (Å²) in [6.07, 6.45) is 0.0339. The lowest BCUT2D eigenvalue weighted by Crippen LogP contribution is -2.20. The van der Waals surface area contributed by atoms with Crippen LogP contribution in [-0.2, 0) is 0 Å². The minimum Gasteiger partial charge on any atom is -0.372 e. The molecule has 94 valence electrons. The van der Waals surface area contributed by atoms with Crippen LogP contribution >= 0.6 is 0 Å². The van der Waals surface area contributed by atoms with Crippen LogP contribution in [0.15, 0.2) is 24.3 Å². The van der Waals surface area contributed by atoms with Crippen molar-refractivity contribution in [3.8, 4) is 0 Å². The van der Waals surface area contributed by atoms with Crippen LogP contribution in [0.4, 0.5) is 14.5 Å². The summed E-state index contributed by atoms with van der Waals surface area (Å²) in [6.45, 7) is 2.11. The predicted octanol–water partition coefficient (Wildman–Crippen LogP) is 2.59. The first kappa shape index (κ1) is 12.3. The molecule has 1 atom stereocenters. The Morgan fingerprint density at radius 3 is 2.18 bits per heavy atom. The number of hydrogen-bond acceptors (Lipinski definition) is 2. The van der Waals surface area contributed by atoms with Crippen LogP contribution in [0, 0.1) is 0 Å². The zero-order chi connectivity index (χ0) is 12.3. The van der Waals surface area contributed by atoms with Crippen molar-refractivity contribution in [1.82, 2.24) is 0 Å². The number of nitrogens with zero attached hydrogens (tertiary/aromatic N) is 1. The van der Waals surface area contributed by atoms with Crippen LogP contribution < -0.4 is 10.6 Å². The Bertz CT molecular complexity index is 345. The van der Waals surface area contributed by atoms with E-state index in [4.69, 9.17) is 5.73 Å². The van der Waals surface area contributed by atoms with Crippen molar-refractivity contribution in [2.45, 2.75) is 25.2 Å². The van der Waals surface area contributed by atoms with Gasteiger partial charge in [0.1, 0.15) is 0 Å². The van der Waals surface area contributed by atoms with E-state index < -0.39 is 12.3 Å². The molecular weight excluding hydrogens is 222 g/mol. The highest BCUT2D eigenvalue weighted by molar-refractivity contribution is 5.48. The van der Waals surface area contributed by atoms with Crippen molar-refractivity contribution in [2.75, 3.05) is 24.5 Å². The quantitative estimate of drug-likeness (QED) is 0.876. The highest BCUT2D eigenvalue weighted by Gasteiger charge is 2.21. The van der Waals surface area contributed by atoms with Gasteiger partial charge in [-0.1, -0.05) is 12.1 Å². The third kappa shape index (κ3) is 2.75. The van der Waals surface area contributed by atoms with Gasteiger partial charge in [-0.15, -0.1) is 0 Å². The molecule has 1 fully saturated rings. The first-order chi connectivity index (χ1) is 8.22. The molecule has 0 radical (unpaired) electrons. The molecule has 0 amide bonds. The molecule has 0 spiro atoms. The van der Waals surface area contributed by atoms with Gasteiger partial charge in [0.05, 0.1) is 5.92 Å². The van der Waals surface area contributed by atoms with Crippen LogP contribution in [0.3, 0.4) is 0 Å². The minimum atomic E-state index is -2.39. The summed E-state index contributed by atoms with van der Waals surface area (Å²) in [6, 6.07) is 7.39. The Labute approximate surface area is 100 Å². The van der Waals surface area contributed by atoms with Gasteiger partial charge in [0.15, 0.2) is 0 Å². The molecule has 1 saturated heterocycles. The monoisotopic (exact) mass is 240 g/mol. The van der Waals surface area contributed by atoms with E-state index in [1.165, 1.54) is 12.8 Å². The standard InChI is InChI=1S/C13H18F2N2/c14-13(15)12(9-16)10-3-5-11(6-4-10)17-7-1-2-8-17/h3-6,12-13H,1-2,7-9,16H2. The maximum absolute atomic E-state index is 12.7. The summed E-state index contributed by atoms with van der Waals surface area (Å²) < 4.78 is 25.4. The van der Waals surface area contributed by atoms with Crippen molar-refractivity contribution >= 4 is 5.69 Å². The summed E-state index contributed by atoms with van der Waals surface area (Å²) in [5.74, 6) is -0.845. The molecular formula is C13H18F2N2. The van der Waals surface area contributed by atoms with Crippen molar-refractivity contribution < 1.29 is 8.78 Å². The molecule has 1 heterocycles. The Morgan fingerprint density at radius 2 is 1.71 bits per heavy atom. The van der Waals surface area contributed by atoms with Gasteiger partial charge in [-0.05, 0) is 30.5 Å². The number of rotatable bonds is 4. The van der Waals surface area contributed by atoms with Gasteiger partial charge in [-0.3, -0.25) is 0 Å². The molecule has 4 heteroatoms. The van der Waals surface area contributed by atoms with Crippen molar-refractivity contribution in [3.05, 3.63) is 29.8 Å². The minimum absolute atomic E-state index is 0.0132. The van der Waals surface area contributed by atoms with Crippen LogP contribution in [0.2, 0.25) is 0 Å². The summed E-state index contributed by atoms with van der Waals surface area (Å²) in [4.78, 5) is 2.28. The molecule has 0 aliphatic carbocycles. The number of nitrogens with two attached hydrogens (primary N) is 1. The second-order valence-electron chi connectivity index (χ2n) is 4.46. The molecule has 17 heavy (non-hydrogen) atoms. The molecule has 2 nitrogen and oxygen atoms in total. The number of hydrogen-bond donors (Lipinski definition) is 1. The molecule has 1 aromatic carbocycles. The van der Waals surface area contributed by atoms with Crippen LogP contribution in [-0.4, -0.2) is 26.1 Å². The Morgan fingerprint density at radius 1 is 1.12 bits per heavy atom. The average Bonchev–Trinajstić information content (AvgIpc) is 2.84. The van der Waals surface area contributed by atoms with Crippen molar-refractivity contribution in [1.29, 1.82) is 0 Å². The molecule has 2 N–H and O–H groups in total. The zero-order valence-corrected chi connectivity index (χ0v) is 9.78. The summed E-state index contributed by atoms with van der Waals surface area (Å²) in [7, 11) is 0. The highest BCUT2D eigenvalue weighted by Crippen LogP contribution is 2.26. The van der Waals surface area contributed by atoms with E-state index in [2.05, 4.69) is 4.90 Å². The second kappa shape index (κ2) is 5.45. The molecule has 1 unspecified atom stereocenters. The Kier molecular flexibility index (Phi) is 3.94. The van der Waals surface area contributed by atoms with Crippen LogP contribution in [0.5, 0.6) is 0 Å². The SMILES string of the molecule is NCC(c1ccc(N2CCCC2)cc1)C(F)F. The third-order valence-corrected chi connectivity index (χ3v) is 3.35. The number of halogens is 2. The van der Waals surface area contributed by atoms with Crippen molar-refractivity contribution in [2.24, 2.45) is 5.73 Å². The van der Waals surface area contributed by atoms with Gasteiger partial charge in [0, 0.05) is 25.3 Å². The van der Waals surface area contributed by atoms with E-state index in [9.17, 15) is 8.78 Å². The molecule has 0 bridgehead atoms. The lowest BCUT2D eigenvalue weighted by atomic mass is 9.99. The van der Waals surface area contributed by atoms with E-state index >= 15 is 0 Å². The summed E-state index contributed by atoms with van der Waals surface area (Å²) >= 11 is 0. The molecule has 2 rings (SSSR count). The maximum Gasteiger partial charge on any atom is 0.246 e. The van der Waals surface area contributed by atoms with Crippen LogP contribution in [0.1, 0.15) is 24.3 Å². The van der Waals surface area contributed by atoms with E-state index in [0.29, 0.717) is 5.56 Å². The van der Waals surface area contributed by atoms with Gasteiger partial charge < -0.3 is 10.6 Å². The fraction of sp³-hybridized carbons (Fsp3) is 0.538. The Hall–Kier alpha value is -1.16. The normalized spacial score (nSPS) is 17.8. The largest absolute Gasteiger partial charge is 0.372 e. The first-order valence-electron chi connectivity index (χ1n) is 6.05. The fourth-order valence-electron chi connectivity index (χ4n) is 2.29. The number of anilines is 1. The fourth-order valence-corrected chi connectivity index (χ4v) is 2.29. The molecule has 0 saturated carbocycles. The van der Waals surface area contributed by atoms with Gasteiger partial charge in [0.25, 0.3) is 0 Å². The average molecular weight is 240 g/mol. The van der Waals surface area contributed by atoms with E-state index in [1.807, 2.05) is 12.1 Å². The molecule has 0 aromatic heterocycles. The predicted molar refractivity (Wildman–Crippen MR) is 65.7 cm³/mol. The smallest absolute Gasteiger partial charge is 0.246 e. The van der Waals surface area contributed by atoms with E-state index in [-0.39, 0.29) is 6.54 Å². The van der Waals surface area contributed by atoms with Crippen molar-refractivity contribution in [3.63, 3.8) is 0 Å². The number of benzene rings is 1. The molecule has 1 aliphatic rings. The van der Waals surface area contributed by atoms with E-state index in [1.54, 1.807) is 12.1 Å². The molecule has 1 aromatic rings. The van der Waals surface area contributed by atoms with Crippen LogP contribution in [0.25, 0.3) is 0 Å². The van der Waals surface area contributed by atoms with Gasteiger partial charge >= 0.3 is 0 Å². The van der Waals surface area contributed by atoms with Gasteiger partial charge in [0.2, 0.25) is 6.43 Å². The lowest BCUT2D eigenvalue weighted by Gasteiger charge is -2.19. The van der Waals surface area contributed by atoms with Gasteiger partial charge in [-0.2, -0.15) is 0 Å². The zero-order valence-electron chi connectivity index (χ0n) is 9.78. The topological polar surface area (TPSA) is 29.3 Å².